The summed E-state index contributed by atoms with van der Waals surface area (Å²) in [6, 6.07) is 20.8. The molecule has 27 heavy (non-hydrogen) atoms. The van der Waals surface area contributed by atoms with Crippen LogP contribution in [-0.4, -0.2) is 25.5 Å². The van der Waals surface area contributed by atoms with E-state index in [0.29, 0.717) is 11.3 Å². The van der Waals surface area contributed by atoms with Gasteiger partial charge in [-0.3, -0.25) is 9.59 Å². The number of hydrogen-bond acceptors (Lipinski definition) is 3. The summed E-state index contributed by atoms with van der Waals surface area (Å²) < 4.78 is 5.18. The first-order valence-corrected chi connectivity index (χ1v) is 8.78. The van der Waals surface area contributed by atoms with Crippen molar-refractivity contribution in [3.05, 3.63) is 77.9 Å². The number of para-hydroxylation sites is 1. The number of rotatable bonds is 6. The molecule has 0 saturated heterocycles. The molecule has 3 rings (SSSR count). The molecule has 0 aliphatic carbocycles. The zero-order valence-corrected chi connectivity index (χ0v) is 15.4. The Labute approximate surface area is 158 Å². The third kappa shape index (κ3) is 4.26. The van der Waals surface area contributed by atoms with Crippen molar-refractivity contribution in [2.24, 2.45) is 0 Å². The smallest absolute Gasteiger partial charge is 0.255 e. The third-order valence-corrected chi connectivity index (χ3v) is 4.43. The summed E-state index contributed by atoms with van der Waals surface area (Å²) in [5, 5.41) is 7.80. The second kappa shape index (κ2) is 8.36. The van der Waals surface area contributed by atoms with Gasteiger partial charge in [0.25, 0.3) is 5.91 Å². The van der Waals surface area contributed by atoms with Gasteiger partial charge >= 0.3 is 0 Å². The highest BCUT2D eigenvalue weighted by atomic mass is 16.5. The molecule has 5 nitrogen and oxygen atoms in total. The fraction of sp³-hybridized carbons (Fsp3) is 0.182. The van der Waals surface area contributed by atoms with Crippen molar-refractivity contribution >= 4 is 22.6 Å². The summed E-state index contributed by atoms with van der Waals surface area (Å²) in [5.41, 5.74) is 1.44. The molecular weight excluding hydrogens is 340 g/mol. The van der Waals surface area contributed by atoms with E-state index in [4.69, 9.17) is 4.74 Å². The van der Waals surface area contributed by atoms with Crippen molar-refractivity contribution in [1.82, 2.24) is 10.6 Å². The Hall–Kier alpha value is -3.34. The maximum atomic E-state index is 12.3. The fourth-order valence-electron chi connectivity index (χ4n) is 3.09. The van der Waals surface area contributed by atoms with E-state index in [9.17, 15) is 9.59 Å². The number of nitrogens with one attached hydrogen (secondary N) is 2. The van der Waals surface area contributed by atoms with Gasteiger partial charge in [0.05, 0.1) is 25.3 Å². The molecule has 5 heteroatoms. The molecule has 0 unspecified atom stereocenters. The molecule has 3 aromatic rings. The Bertz CT molecular complexity index is 963. The lowest BCUT2D eigenvalue weighted by molar-refractivity contribution is -0.120. The highest BCUT2D eigenvalue weighted by molar-refractivity contribution is 5.98. The summed E-state index contributed by atoms with van der Waals surface area (Å²) in [6.45, 7) is 1.83. The Morgan fingerprint density at radius 3 is 2.48 bits per heavy atom. The molecule has 0 aliphatic heterocycles. The normalized spacial score (nSPS) is 11.6. The number of methoxy groups -OCH3 is 1. The van der Waals surface area contributed by atoms with Gasteiger partial charge in [0.1, 0.15) is 5.75 Å². The quantitative estimate of drug-likeness (QED) is 0.706. The number of hydrogen-bond donors (Lipinski definition) is 2. The second-order valence-corrected chi connectivity index (χ2v) is 6.24. The molecule has 0 spiro atoms. The second-order valence-electron chi connectivity index (χ2n) is 6.24. The lowest BCUT2D eigenvalue weighted by atomic mass is 10.00. The first-order chi connectivity index (χ1) is 13.1. The lowest BCUT2D eigenvalue weighted by Crippen LogP contribution is -2.38. The summed E-state index contributed by atoms with van der Waals surface area (Å²) in [5.74, 6) is -0.126. The van der Waals surface area contributed by atoms with Gasteiger partial charge in [0, 0.05) is 0 Å². The van der Waals surface area contributed by atoms with E-state index in [2.05, 4.69) is 10.6 Å². The van der Waals surface area contributed by atoms with Gasteiger partial charge in [-0.25, -0.2) is 0 Å². The first-order valence-electron chi connectivity index (χ1n) is 8.78. The van der Waals surface area contributed by atoms with Crippen LogP contribution < -0.4 is 15.4 Å². The maximum absolute atomic E-state index is 12.3. The molecule has 3 aromatic carbocycles. The highest BCUT2D eigenvalue weighted by Crippen LogP contribution is 2.24. The summed E-state index contributed by atoms with van der Waals surface area (Å²) in [7, 11) is 1.50. The predicted molar refractivity (Wildman–Crippen MR) is 106 cm³/mol. The van der Waals surface area contributed by atoms with Crippen molar-refractivity contribution in [1.29, 1.82) is 0 Å². The van der Waals surface area contributed by atoms with Crippen molar-refractivity contribution < 1.29 is 14.3 Å². The third-order valence-electron chi connectivity index (χ3n) is 4.43. The van der Waals surface area contributed by atoms with Crippen LogP contribution in [0.1, 0.15) is 28.9 Å². The monoisotopic (exact) mass is 362 g/mol. The van der Waals surface area contributed by atoms with Crippen LogP contribution in [0.4, 0.5) is 0 Å². The van der Waals surface area contributed by atoms with Crippen LogP contribution in [0.15, 0.2) is 66.7 Å². The number of ether oxygens (including phenoxy) is 1. The molecule has 0 heterocycles. The standard InChI is InChI=1S/C22H22N2O3/c1-15(17-12-7-9-16-8-3-4-10-18(16)17)24-21(25)14-23-22(26)19-11-5-6-13-20(19)27-2/h3-13,15H,14H2,1-2H3,(H,23,26)(H,24,25)/t15-/m1/s1. The molecule has 2 amide bonds. The van der Waals surface area contributed by atoms with E-state index < -0.39 is 0 Å². The predicted octanol–water partition coefficient (Wildman–Crippen LogP) is 3.46. The molecule has 2 N–H and O–H groups in total. The molecule has 138 valence electrons. The van der Waals surface area contributed by atoms with E-state index in [-0.39, 0.29) is 24.4 Å². The molecule has 0 fully saturated rings. The number of carbonyl (C=O) groups excluding carboxylic acids is 2. The number of carbonyl (C=O) groups is 2. The highest BCUT2D eigenvalue weighted by Gasteiger charge is 2.15. The van der Waals surface area contributed by atoms with Gasteiger partial charge in [0.15, 0.2) is 0 Å². The fourth-order valence-corrected chi connectivity index (χ4v) is 3.09. The van der Waals surface area contributed by atoms with E-state index in [1.54, 1.807) is 24.3 Å². The average molecular weight is 362 g/mol. The minimum absolute atomic E-state index is 0.105. The van der Waals surface area contributed by atoms with Gasteiger partial charge < -0.3 is 15.4 Å². The summed E-state index contributed by atoms with van der Waals surface area (Å²) in [4.78, 5) is 24.6. The zero-order chi connectivity index (χ0) is 19.2. The average Bonchev–Trinajstić information content (AvgIpc) is 2.71. The minimum atomic E-state index is -0.347. The van der Waals surface area contributed by atoms with Crippen LogP contribution in [0.5, 0.6) is 5.75 Å². The van der Waals surface area contributed by atoms with Crippen molar-refractivity contribution in [2.75, 3.05) is 13.7 Å². The maximum Gasteiger partial charge on any atom is 0.255 e. The van der Waals surface area contributed by atoms with Crippen molar-refractivity contribution in [3.63, 3.8) is 0 Å². The van der Waals surface area contributed by atoms with E-state index in [1.165, 1.54) is 7.11 Å². The Morgan fingerprint density at radius 1 is 0.963 bits per heavy atom. The van der Waals surface area contributed by atoms with E-state index in [0.717, 1.165) is 16.3 Å². The Balaban J connectivity index is 1.63. The molecule has 0 aliphatic rings. The van der Waals surface area contributed by atoms with Crippen molar-refractivity contribution in [3.8, 4) is 5.75 Å². The van der Waals surface area contributed by atoms with Gasteiger partial charge in [-0.1, -0.05) is 54.6 Å². The lowest BCUT2D eigenvalue weighted by Gasteiger charge is -2.17. The number of benzene rings is 3. The number of fused-ring (bicyclic) bond motifs is 1. The molecule has 0 radical (unpaired) electrons. The van der Waals surface area contributed by atoms with Gasteiger partial charge in [0.2, 0.25) is 5.91 Å². The van der Waals surface area contributed by atoms with Crippen LogP contribution in [0.25, 0.3) is 10.8 Å². The SMILES string of the molecule is COc1ccccc1C(=O)NCC(=O)N[C@H](C)c1cccc2ccccc12. The van der Waals surface area contributed by atoms with Gasteiger partial charge in [-0.05, 0) is 35.4 Å². The van der Waals surface area contributed by atoms with Gasteiger partial charge in [-0.2, -0.15) is 0 Å². The molecule has 0 saturated carbocycles. The van der Waals surface area contributed by atoms with Crippen molar-refractivity contribution in [2.45, 2.75) is 13.0 Å². The number of amides is 2. The molecular formula is C22H22N2O3. The summed E-state index contributed by atoms with van der Waals surface area (Å²) in [6.07, 6.45) is 0. The zero-order valence-electron chi connectivity index (χ0n) is 15.4. The largest absolute Gasteiger partial charge is 0.496 e. The summed E-state index contributed by atoms with van der Waals surface area (Å²) >= 11 is 0. The van der Waals surface area contributed by atoms with Crippen LogP contribution in [0.2, 0.25) is 0 Å². The minimum Gasteiger partial charge on any atom is -0.496 e. The van der Waals surface area contributed by atoms with Crippen LogP contribution in [0.3, 0.4) is 0 Å². The first kappa shape index (κ1) is 18.5. The van der Waals surface area contributed by atoms with E-state index in [1.807, 2.05) is 49.4 Å². The topological polar surface area (TPSA) is 67.4 Å². The Morgan fingerprint density at radius 2 is 1.67 bits per heavy atom. The van der Waals surface area contributed by atoms with Gasteiger partial charge in [-0.15, -0.1) is 0 Å². The van der Waals surface area contributed by atoms with E-state index >= 15 is 0 Å². The molecule has 0 bridgehead atoms. The van der Waals surface area contributed by atoms with Crippen LogP contribution in [-0.2, 0) is 4.79 Å². The van der Waals surface area contributed by atoms with Crippen LogP contribution in [0, 0.1) is 0 Å². The Kier molecular flexibility index (Phi) is 5.71. The molecule has 0 aromatic heterocycles. The van der Waals surface area contributed by atoms with Crippen LogP contribution >= 0.6 is 0 Å². The molecule has 1 atom stereocenters.